The van der Waals surface area contributed by atoms with Crippen molar-refractivity contribution >= 4 is 11.0 Å². The summed E-state index contributed by atoms with van der Waals surface area (Å²) in [6, 6.07) is 8.09. The highest BCUT2D eigenvalue weighted by Gasteiger charge is 2.18. The second kappa shape index (κ2) is 3.91. The van der Waals surface area contributed by atoms with Gasteiger partial charge in [-0.15, -0.1) is 0 Å². The van der Waals surface area contributed by atoms with Crippen molar-refractivity contribution < 1.29 is 5.11 Å². The van der Waals surface area contributed by atoms with Gasteiger partial charge in [0.15, 0.2) is 0 Å². The van der Waals surface area contributed by atoms with Gasteiger partial charge in [-0.2, -0.15) is 0 Å². The lowest BCUT2D eigenvalue weighted by Gasteiger charge is -2.17. The highest BCUT2D eigenvalue weighted by molar-refractivity contribution is 5.75. The molecule has 1 aromatic heterocycles. The topological polar surface area (TPSA) is 38.0 Å². The van der Waals surface area contributed by atoms with Gasteiger partial charge in [0.1, 0.15) is 5.82 Å². The molecule has 0 aliphatic rings. The first kappa shape index (κ1) is 11.1. The summed E-state index contributed by atoms with van der Waals surface area (Å²) in [6.45, 7) is 6.60. The summed E-state index contributed by atoms with van der Waals surface area (Å²) in [7, 11) is 0. The predicted octanol–water partition coefficient (Wildman–Crippen LogP) is 2.37. The number of aromatic nitrogens is 2. The van der Waals surface area contributed by atoms with E-state index in [2.05, 4.69) is 22.5 Å². The minimum atomic E-state index is -0.714. The molecule has 0 aliphatic carbocycles. The van der Waals surface area contributed by atoms with E-state index < -0.39 is 5.60 Å². The molecular formula is C13H18N2O. The number of benzene rings is 1. The Labute approximate surface area is 95.7 Å². The largest absolute Gasteiger partial charge is 0.390 e. The van der Waals surface area contributed by atoms with Crippen LogP contribution in [0, 0.1) is 0 Å². The van der Waals surface area contributed by atoms with Gasteiger partial charge in [-0.05, 0) is 32.9 Å². The number of hydrogen-bond acceptors (Lipinski definition) is 2. The first-order valence-corrected chi connectivity index (χ1v) is 5.68. The average Bonchev–Trinajstić information content (AvgIpc) is 2.51. The van der Waals surface area contributed by atoms with Crippen molar-refractivity contribution in [1.82, 2.24) is 9.55 Å². The van der Waals surface area contributed by atoms with Crippen LogP contribution in [0.1, 0.15) is 26.6 Å². The van der Waals surface area contributed by atoms with Gasteiger partial charge in [-0.3, -0.25) is 0 Å². The van der Waals surface area contributed by atoms with Crippen molar-refractivity contribution in [3.8, 4) is 0 Å². The van der Waals surface area contributed by atoms with Crippen LogP contribution in [0.3, 0.4) is 0 Å². The molecule has 0 fully saturated rings. The van der Waals surface area contributed by atoms with Crippen LogP contribution < -0.4 is 0 Å². The first-order valence-electron chi connectivity index (χ1n) is 5.68. The molecule has 1 N–H and O–H groups in total. The Kier molecular flexibility index (Phi) is 2.72. The van der Waals surface area contributed by atoms with Crippen LogP contribution in [-0.4, -0.2) is 20.3 Å². The Morgan fingerprint density at radius 1 is 1.31 bits per heavy atom. The van der Waals surface area contributed by atoms with Gasteiger partial charge in [-0.1, -0.05) is 12.1 Å². The van der Waals surface area contributed by atoms with E-state index in [1.807, 2.05) is 32.0 Å². The zero-order valence-corrected chi connectivity index (χ0v) is 10.1. The molecule has 0 saturated heterocycles. The Morgan fingerprint density at radius 3 is 2.62 bits per heavy atom. The molecule has 0 amide bonds. The molecule has 2 aromatic rings. The van der Waals surface area contributed by atoms with E-state index in [1.54, 1.807) is 0 Å². The van der Waals surface area contributed by atoms with E-state index in [0.717, 1.165) is 23.4 Å². The Bertz CT molecular complexity index is 494. The van der Waals surface area contributed by atoms with Crippen LogP contribution in [0.2, 0.25) is 0 Å². The van der Waals surface area contributed by atoms with Gasteiger partial charge < -0.3 is 9.67 Å². The van der Waals surface area contributed by atoms with Crippen molar-refractivity contribution in [2.75, 3.05) is 0 Å². The second-order valence-corrected chi connectivity index (χ2v) is 4.75. The zero-order chi connectivity index (χ0) is 11.8. The van der Waals surface area contributed by atoms with Gasteiger partial charge in [0, 0.05) is 13.0 Å². The van der Waals surface area contributed by atoms with Crippen molar-refractivity contribution in [2.24, 2.45) is 0 Å². The number of imidazole rings is 1. The SMILES string of the molecule is CCn1c(CC(C)(C)O)nc2ccccc21. The maximum atomic E-state index is 9.86. The maximum absolute atomic E-state index is 9.86. The van der Waals surface area contributed by atoms with E-state index >= 15 is 0 Å². The van der Waals surface area contributed by atoms with Crippen molar-refractivity contribution in [1.29, 1.82) is 0 Å². The molecule has 2 rings (SSSR count). The number of rotatable bonds is 3. The van der Waals surface area contributed by atoms with Gasteiger partial charge in [0.2, 0.25) is 0 Å². The third kappa shape index (κ3) is 2.09. The zero-order valence-electron chi connectivity index (χ0n) is 10.1. The third-order valence-corrected chi connectivity index (χ3v) is 2.64. The van der Waals surface area contributed by atoms with Gasteiger partial charge in [0.25, 0.3) is 0 Å². The summed E-state index contributed by atoms with van der Waals surface area (Å²) < 4.78 is 2.16. The van der Waals surface area contributed by atoms with Gasteiger partial charge >= 0.3 is 0 Å². The number of nitrogens with zero attached hydrogens (tertiary/aromatic N) is 2. The van der Waals surface area contributed by atoms with Crippen LogP contribution in [-0.2, 0) is 13.0 Å². The molecule has 0 unspecified atom stereocenters. The molecule has 1 heterocycles. The number of aliphatic hydroxyl groups is 1. The number of para-hydroxylation sites is 2. The predicted molar refractivity (Wildman–Crippen MR) is 65.4 cm³/mol. The minimum Gasteiger partial charge on any atom is -0.390 e. The number of fused-ring (bicyclic) bond motifs is 1. The summed E-state index contributed by atoms with van der Waals surface area (Å²) in [5.74, 6) is 0.955. The molecule has 0 spiro atoms. The van der Waals surface area contributed by atoms with E-state index in [9.17, 15) is 5.11 Å². The lowest BCUT2D eigenvalue weighted by Crippen LogP contribution is -2.24. The number of hydrogen-bond donors (Lipinski definition) is 1. The third-order valence-electron chi connectivity index (χ3n) is 2.64. The molecule has 16 heavy (non-hydrogen) atoms. The molecule has 3 heteroatoms. The fourth-order valence-electron chi connectivity index (χ4n) is 2.00. The highest BCUT2D eigenvalue weighted by atomic mass is 16.3. The molecule has 0 radical (unpaired) electrons. The highest BCUT2D eigenvalue weighted by Crippen LogP contribution is 2.19. The summed E-state index contributed by atoms with van der Waals surface area (Å²) in [5, 5.41) is 9.86. The fourth-order valence-corrected chi connectivity index (χ4v) is 2.00. The lowest BCUT2D eigenvalue weighted by atomic mass is 10.1. The van der Waals surface area contributed by atoms with Crippen molar-refractivity contribution in [3.05, 3.63) is 30.1 Å². The van der Waals surface area contributed by atoms with E-state index in [1.165, 1.54) is 0 Å². The minimum absolute atomic E-state index is 0.579. The van der Waals surface area contributed by atoms with E-state index in [4.69, 9.17) is 0 Å². The van der Waals surface area contributed by atoms with Crippen LogP contribution >= 0.6 is 0 Å². The summed E-state index contributed by atoms with van der Waals surface area (Å²) in [4.78, 5) is 4.57. The summed E-state index contributed by atoms with van der Waals surface area (Å²) >= 11 is 0. The lowest BCUT2D eigenvalue weighted by molar-refractivity contribution is 0.0780. The fraction of sp³-hybridized carbons (Fsp3) is 0.462. The molecule has 0 atom stereocenters. The van der Waals surface area contributed by atoms with E-state index in [-0.39, 0.29) is 0 Å². The number of aryl methyl sites for hydroxylation is 1. The Morgan fingerprint density at radius 2 is 2.00 bits per heavy atom. The molecular weight excluding hydrogens is 200 g/mol. The molecule has 0 bridgehead atoms. The molecule has 0 aliphatic heterocycles. The van der Waals surface area contributed by atoms with E-state index in [0.29, 0.717) is 6.42 Å². The molecule has 3 nitrogen and oxygen atoms in total. The van der Waals surface area contributed by atoms with Crippen LogP contribution in [0.4, 0.5) is 0 Å². The van der Waals surface area contributed by atoms with Crippen molar-refractivity contribution in [2.45, 2.75) is 39.3 Å². The summed E-state index contributed by atoms with van der Waals surface area (Å²) in [5.41, 5.74) is 1.43. The van der Waals surface area contributed by atoms with Gasteiger partial charge in [-0.25, -0.2) is 4.98 Å². The molecule has 0 saturated carbocycles. The molecule has 1 aromatic carbocycles. The summed E-state index contributed by atoms with van der Waals surface area (Å²) in [6.07, 6.45) is 0.579. The first-order chi connectivity index (χ1) is 7.51. The normalized spacial score (nSPS) is 12.2. The smallest absolute Gasteiger partial charge is 0.112 e. The van der Waals surface area contributed by atoms with Crippen LogP contribution in [0.15, 0.2) is 24.3 Å². The Hall–Kier alpha value is -1.35. The quantitative estimate of drug-likeness (QED) is 0.859. The maximum Gasteiger partial charge on any atom is 0.112 e. The average molecular weight is 218 g/mol. The van der Waals surface area contributed by atoms with Crippen LogP contribution in [0.25, 0.3) is 11.0 Å². The second-order valence-electron chi connectivity index (χ2n) is 4.75. The standard InChI is InChI=1S/C13H18N2O/c1-4-15-11-8-6-5-7-10(11)14-12(15)9-13(2,3)16/h5-8,16H,4,9H2,1-3H3. The molecule has 86 valence electrons. The Balaban J connectivity index is 2.52. The van der Waals surface area contributed by atoms with Crippen LogP contribution in [0.5, 0.6) is 0 Å². The van der Waals surface area contributed by atoms with Gasteiger partial charge in [0.05, 0.1) is 16.6 Å². The van der Waals surface area contributed by atoms with Crippen molar-refractivity contribution in [3.63, 3.8) is 0 Å². The monoisotopic (exact) mass is 218 g/mol.